The summed E-state index contributed by atoms with van der Waals surface area (Å²) in [6.45, 7) is 1.36. The molecule has 26 heavy (non-hydrogen) atoms. The molecule has 1 aliphatic rings. The van der Waals surface area contributed by atoms with Crippen molar-refractivity contribution in [3.8, 4) is 0 Å². The lowest BCUT2D eigenvalue weighted by Crippen LogP contribution is -2.40. The molecule has 2 aromatic rings. The van der Waals surface area contributed by atoms with Crippen LogP contribution >= 0.6 is 0 Å². The van der Waals surface area contributed by atoms with E-state index < -0.39 is 11.7 Å². The van der Waals surface area contributed by atoms with Crippen molar-refractivity contribution in [2.45, 2.75) is 31.9 Å². The first kappa shape index (κ1) is 18.4. The molecule has 0 radical (unpaired) electrons. The maximum atomic E-state index is 12.8. The average molecular weight is 362 g/mol. The largest absolute Gasteiger partial charge is 0.416 e. The Bertz CT molecular complexity index is 746. The smallest absolute Gasteiger partial charge is 0.338 e. The highest BCUT2D eigenvalue weighted by Crippen LogP contribution is 2.30. The van der Waals surface area contributed by atoms with Gasteiger partial charge in [-0.15, -0.1) is 0 Å². The summed E-state index contributed by atoms with van der Waals surface area (Å²) >= 11 is 0. The Labute approximate surface area is 150 Å². The summed E-state index contributed by atoms with van der Waals surface area (Å²) < 4.78 is 38.4. The Morgan fingerprint density at radius 2 is 2.08 bits per heavy atom. The van der Waals surface area contributed by atoms with E-state index in [2.05, 4.69) is 4.98 Å². The van der Waals surface area contributed by atoms with Crippen molar-refractivity contribution in [2.24, 2.45) is 5.92 Å². The van der Waals surface area contributed by atoms with Crippen LogP contribution in [0.5, 0.6) is 0 Å². The summed E-state index contributed by atoms with van der Waals surface area (Å²) in [5.41, 5.74) is 0.661. The molecule has 1 aromatic heterocycles. The van der Waals surface area contributed by atoms with Crippen molar-refractivity contribution in [1.82, 2.24) is 9.88 Å². The third-order valence-electron chi connectivity index (χ3n) is 4.81. The highest BCUT2D eigenvalue weighted by atomic mass is 19.4. The Hall–Kier alpha value is -2.37. The molecule has 1 amide bonds. The molecule has 1 unspecified atom stereocenters. The third-order valence-corrected chi connectivity index (χ3v) is 4.81. The molecule has 1 atom stereocenters. The molecule has 3 rings (SSSR count). The molecule has 0 saturated carbocycles. The Morgan fingerprint density at radius 1 is 1.23 bits per heavy atom. The number of benzene rings is 1. The van der Waals surface area contributed by atoms with Crippen LogP contribution in [0.2, 0.25) is 0 Å². The van der Waals surface area contributed by atoms with Gasteiger partial charge in [0.05, 0.1) is 11.1 Å². The molecular weight excluding hydrogens is 341 g/mol. The molecular formula is C20H21F3N2O. The van der Waals surface area contributed by atoms with Gasteiger partial charge in [0, 0.05) is 25.5 Å². The zero-order chi connectivity index (χ0) is 18.6. The van der Waals surface area contributed by atoms with Crippen LogP contribution in [0, 0.1) is 5.92 Å². The van der Waals surface area contributed by atoms with E-state index in [9.17, 15) is 18.0 Å². The number of hydrogen-bond acceptors (Lipinski definition) is 2. The number of carbonyl (C=O) groups excluding carboxylic acids is 1. The SMILES string of the molecule is O=C(c1cccnc1)N1CCCC(CCc2cccc(C(F)(F)F)c2)C1. The highest BCUT2D eigenvalue weighted by molar-refractivity contribution is 5.93. The maximum Gasteiger partial charge on any atom is 0.416 e. The summed E-state index contributed by atoms with van der Waals surface area (Å²) in [6.07, 6.45) is 2.16. The quantitative estimate of drug-likeness (QED) is 0.797. The zero-order valence-corrected chi connectivity index (χ0v) is 14.4. The maximum absolute atomic E-state index is 12.8. The van der Waals surface area contributed by atoms with E-state index in [1.807, 2.05) is 4.90 Å². The van der Waals surface area contributed by atoms with Crippen LogP contribution in [0.4, 0.5) is 13.2 Å². The Balaban J connectivity index is 1.58. The summed E-state index contributed by atoms with van der Waals surface area (Å²) in [7, 11) is 0. The number of carbonyl (C=O) groups is 1. The molecule has 1 fully saturated rings. The van der Waals surface area contributed by atoms with Crippen molar-refractivity contribution in [2.75, 3.05) is 13.1 Å². The van der Waals surface area contributed by atoms with Gasteiger partial charge in [-0.25, -0.2) is 0 Å². The van der Waals surface area contributed by atoms with Gasteiger partial charge in [0.2, 0.25) is 0 Å². The Morgan fingerprint density at radius 3 is 2.81 bits per heavy atom. The van der Waals surface area contributed by atoms with Crippen molar-refractivity contribution in [3.63, 3.8) is 0 Å². The van der Waals surface area contributed by atoms with Gasteiger partial charge in [0.25, 0.3) is 5.91 Å². The number of pyridine rings is 1. The monoisotopic (exact) mass is 362 g/mol. The number of likely N-dealkylation sites (tertiary alicyclic amines) is 1. The van der Waals surface area contributed by atoms with Crippen molar-refractivity contribution in [1.29, 1.82) is 0 Å². The van der Waals surface area contributed by atoms with Gasteiger partial charge in [-0.3, -0.25) is 9.78 Å². The molecule has 0 aliphatic carbocycles. The van der Waals surface area contributed by atoms with Gasteiger partial charge in [-0.1, -0.05) is 18.2 Å². The zero-order valence-electron chi connectivity index (χ0n) is 14.4. The number of halogens is 3. The van der Waals surface area contributed by atoms with Crippen LogP contribution in [0.15, 0.2) is 48.8 Å². The van der Waals surface area contributed by atoms with E-state index >= 15 is 0 Å². The number of aryl methyl sites for hydroxylation is 1. The van der Waals surface area contributed by atoms with Crippen molar-refractivity contribution >= 4 is 5.91 Å². The molecule has 0 spiro atoms. The fourth-order valence-electron chi connectivity index (χ4n) is 3.43. The standard InChI is InChI=1S/C20H21F3N2O/c21-20(22,23)18-7-1-4-15(12-18)8-9-16-5-3-11-25(14-16)19(26)17-6-2-10-24-13-17/h1-2,4,6-7,10,12-13,16H,3,5,8-9,11,14H2. The molecule has 1 aromatic carbocycles. The topological polar surface area (TPSA) is 33.2 Å². The van der Waals surface area contributed by atoms with Crippen LogP contribution in [0.1, 0.15) is 40.7 Å². The summed E-state index contributed by atoms with van der Waals surface area (Å²) in [5, 5.41) is 0. The second-order valence-corrected chi connectivity index (χ2v) is 6.74. The number of aromatic nitrogens is 1. The molecule has 1 aliphatic heterocycles. The fourth-order valence-corrected chi connectivity index (χ4v) is 3.43. The first-order chi connectivity index (χ1) is 12.4. The number of piperidine rings is 1. The van der Waals surface area contributed by atoms with Gasteiger partial charge < -0.3 is 4.90 Å². The molecule has 138 valence electrons. The minimum absolute atomic E-state index is 0.0260. The first-order valence-electron chi connectivity index (χ1n) is 8.79. The summed E-state index contributed by atoms with van der Waals surface area (Å²) in [5.74, 6) is 0.279. The minimum atomic E-state index is -4.31. The molecule has 0 N–H and O–H groups in total. The number of hydrogen-bond donors (Lipinski definition) is 0. The number of amides is 1. The molecule has 6 heteroatoms. The first-order valence-corrected chi connectivity index (χ1v) is 8.79. The predicted molar refractivity (Wildman–Crippen MR) is 92.6 cm³/mol. The van der Waals surface area contributed by atoms with Crippen LogP contribution < -0.4 is 0 Å². The minimum Gasteiger partial charge on any atom is -0.338 e. The normalized spacial score (nSPS) is 18.0. The fraction of sp³-hybridized carbons (Fsp3) is 0.400. The third kappa shape index (κ3) is 4.62. The van der Waals surface area contributed by atoms with Crippen LogP contribution in [-0.4, -0.2) is 28.9 Å². The second kappa shape index (κ2) is 7.89. The lowest BCUT2D eigenvalue weighted by atomic mass is 9.91. The van der Waals surface area contributed by atoms with Gasteiger partial charge in [-0.05, 0) is 55.4 Å². The number of rotatable bonds is 4. The molecule has 0 bridgehead atoms. The summed E-state index contributed by atoms with van der Waals surface area (Å²) in [6, 6.07) is 9.00. The van der Waals surface area contributed by atoms with Gasteiger partial charge in [0.1, 0.15) is 0 Å². The van der Waals surface area contributed by atoms with Gasteiger partial charge >= 0.3 is 6.18 Å². The number of alkyl halides is 3. The van der Waals surface area contributed by atoms with Crippen molar-refractivity contribution in [3.05, 3.63) is 65.5 Å². The summed E-state index contributed by atoms with van der Waals surface area (Å²) in [4.78, 5) is 18.4. The molecule has 3 nitrogen and oxygen atoms in total. The van der Waals surface area contributed by atoms with Gasteiger partial charge in [-0.2, -0.15) is 13.2 Å². The van der Waals surface area contributed by atoms with E-state index in [0.29, 0.717) is 36.6 Å². The number of nitrogens with zero attached hydrogens (tertiary/aromatic N) is 2. The van der Waals surface area contributed by atoms with Crippen LogP contribution in [-0.2, 0) is 12.6 Å². The lowest BCUT2D eigenvalue weighted by Gasteiger charge is -2.33. The van der Waals surface area contributed by atoms with Crippen LogP contribution in [0.3, 0.4) is 0 Å². The highest BCUT2D eigenvalue weighted by Gasteiger charge is 2.30. The van der Waals surface area contributed by atoms with Gasteiger partial charge in [0.15, 0.2) is 0 Å². The lowest BCUT2D eigenvalue weighted by molar-refractivity contribution is -0.137. The average Bonchev–Trinajstić information content (AvgIpc) is 2.66. The second-order valence-electron chi connectivity index (χ2n) is 6.74. The van der Waals surface area contributed by atoms with E-state index in [1.54, 1.807) is 30.6 Å². The van der Waals surface area contributed by atoms with E-state index in [0.717, 1.165) is 25.3 Å². The Kier molecular flexibility index (Phi) is 5.59. The van der Waals surface area contributed by atoms with E-state index in [1.165, 1.54) is 12.1 Å². The van der Waals surface area contributed by atoms with Crippen molar-refractivity contribution < 1.29 is 18.0 Å². The molecule has 2 heterocycles. The van der Waals surface area contributed by atoms with Crippen LogP contribution in [0.25, 0.3) is 0 Å². The van der Waals surface area contributed by atoms with E-state index in [4.69, 9.17) is 0 Å². The van der Waals surface area contributed by atoms with E-state index in [-0.39, 0.29) is 5.91 Å². The predicted octanol–water partition coefficient (Wildman–Crippen LogP) is 4.59. The molecule has 1 saturated heterocycles.